The molecule has 0 N–H and O–H groups in total. The summed E-state index contributed by atoms with van der Waals surface area (Å²) in [5.74, 6) is 1.14. The lowest BCUT2D eigenvalue weighted by molar-refractivity contribution is 0.0761. The summed E-state index contributed by atoms with van der Waals surface area (Å²) in [7, 11) is 1.59. The highest BCUT2D eigenvalue weighted by Gasteiger charge is 2.41. The molecule has 0 saturated carbocycles. The van der Waals surface area contributed by atoms with E-state index in [4.69, 9.17) is 9.47 Å². The van der Waals surface area contributed by atoms with Crippen molar-refractivity contribution in [3.8, 4) is 11.5 Å². The highest BCUT2D eigenvalue weighted by atomic mass is 16.5. The van der Waals surface area contributed by atoms with Crippen molar-refractivity contribution in [3.05, 3.63) is 53.6 Å². The number of amides is 1. The van der Waals surface area contributed by atoms with E-state index in [1.165, 1.54) is 0 Å². The molecule has 27 heavy (non-hydrogen) atoms. The van der Waals surface area contributed by atoms with Crippen LogP contribution in [0.5, 0.6) is 11.5 Å². The largest absolute Gasteiger partial charge is 0.493 e. The predicted octanol–water partition coefficient (Wildman–Crippen LogP) is 4.23. The minimum Gasteiger partial charge on any atom is -0.493 e. The molecule has 0 aliphatic carbocycles. The molecule has 0 spiro atoms. The number of nitrogens with zero attached hydrogens (tertiary/aromatic N) is 2. The molecular weight excluding hydrogens is 340 g/mol. The average molecular weight is 364 g/mol. The Kier molecular flexibility index (Phi) is 4.38. The van der Waals surface area contributed by atoms with Crippen molar-refractivity contribution in [3.63, 3.8) is 0 Å². The molecule has 0 bridgehead atoms. The Balaban J connectivity index is 1.65. The monoisotopic (exact) mass is 364 g/mol. The fourth-order valence-corrected chi connectivity index (χ4v) is 3.83. The van der Waals surface area contributed by atoms with Crippen LogP contribution in [0.4, 0.5) is 5.69 Å². The fraction of sp³-hybridized carbons (Fsp3) is 0.364. The number of methoxy groups -OCH3 is 1. The molecule has 2 aliphatic heterocycles. The Hall–Kier alpha value is -2.82. The lowest BCUT2D eigenvalue weighted by Crippen LogP contribution is -2.36. The normalized spacial score (nSPS) is 20.0. The molecule has 0 unspecified atom stereocenters. The number of ether oxygens (including phenoxy) is 2. The Morgan fingerprint density at radius 2 is 1.96 bits per heavy atom. The van der Waals surface area contributed by atoms with Crippen molar-refractivity contribution < 1.29 is 14.3 Å². The number of aliphatic imine (C=N–C) groups is 1. The third kappa shape index (κ3) is 3.42. The van der Waals surface area contributed by atoms with Crippen LogP contribution in [0.1, 0.15) is 36.2 Å². The molecule has 1 fully saturated rings. The first kappa shape index (κ1) is 17.6. The molecule has 2 aliphatic rings. The molecule has 0 radical (unpaired) electrons. The third-order valence-corrected chi connectivity index (χ3v) is 5.16. The number of carbonyl (C=O) groups is 1. The van der Waals surface area contributed by atoms with Crippen molar-refractivity contribution in [2.45, 2.75) is 32.9 Å². The quantitative estimate of drug-likeness (QED) is 0.816. The van der Waals surface area contributed by atoms with Crippen molar-refractivity contribution >= 4 is 17.8 Å². The van der Waals surface area contributed by atoms with Crippen LogP contribution in [0.2, 0.25) is 0 Å². The highest BCUT2D eigenvalue weighted by molar-refractivity contribution is 6.03. The van der Waals surface area contributed by atoms with E-state index in [0.717, 1.165) is 18.5 Å². The van der Waals surface area contributed by atoms with Gasteiger partial charge in [0.2, 0.25) is 0 Å². The van der Waals surface area contributed by atoms with Gasteiger partial charge in [-0.1, -0.05) is 44.2 Å². The fourth-order valence-electron chi connectivity index (χ4n) is 3.83. The van der Waals surface area contributed by atoms with Gasteiger partial charge in [-0.2, -0.15) is 0 Å². The van der Waals surface area contributed by atoms with Gasteiger partial charge in [0.25, 0.3) is 5.91 Å². The summed E-state index contributed by atoms with van der Waals surface area (Å²) in [6, 6.07) is 13.5. The first-order chi connectivity index (χ1) is 13.0. The topological polar surface area (TPSA) is 51.1 Å². The SMILES string of the molecule is COc1cc2c(cc1OCc1ccccc1)N=C[C@@H]1CC(C)(C)CN1C2=O. The molecule has 0 aromatic heterocycles. The Morgan fingerprint density at radius 1 is 1.19 bits per heavy atom. The van der Waals surface area contributed by atoms with Gasteiger partial charge in [-0.3, -0.25) is 9.79 Å². The zero-order valence-corrected chi connectivity index (χ0v) is 15.9. The van der Waals surface area contributed by atoms with Crippen LogP contribution in [0.15, 0.2) is 47.5 Å². The van der Waals surface area contributed by atoms with E-state index >= 15 is 0 Å². The van der Waals surface area contributed by atoms with Crippen molar-refractivity contribution in [2.24, 2.45) is 10.4 Å². The van der Waals surface area contributed by atoms with E-state index in [2.05, 4.69) is 18.8 Å². The second-order valence-electron chi connectivity index (χ2n) is 7.94. The molecule has 1 amide bonds. The number of benzene rings is 2. The summed E-state index contributed by atoms with van der Waals surface area (Å²) in [6.45, 7) is 5.53. The molecular formula is C22H24N2O3. The first-order valence-electron chi connectivity index (χ1n) is 9.21. The summed E-state index contributed by atoms with van der Waals surface area (Å²) in [5.41, 5.74) is 2.37. The smallest absolute Gasteiger partial charge is 0.256 e. The van der Waals surface area contributed by atoms with E-state index in [1.54, 1.807) is 19.2 Å². The van der Waals surface area contributed by atoms with Gasteiger partial charge in [0.15, 0.2) is 11.5 Å². The van der Waals surface area contributed by atoms with Crippen molar-refractivity contribution in [2.75, 3.05) is 13.7 Å². The Bertz CT molecular complexity index is 890. The average Bonchev–Trinajstić information content (AvgIpc) is 2.93. The summed E-state index contributed by atoms with van der Waals surface area (Å²) < 4.78 is 11.5. The Morgan fingerprint density at radius 3 is 2.70 bits per heavy atom. The molecule has 4 rings (SSSR count). The minimum atomic E-state index is 0.00554. The summed E-state index contributed by atoms with van der Waals surface area (Å²) in [4.78, 5) is 19.6. The molecule has 2 heterocycles. The summed E-state index contributed by atoms with van der Waals surface area (Å²) in [6.07, 6.45) is 2.82. The van der Waals surface area contributed by atoms with Crippen LogP contribution < -0.4 is 9.47 Å². The lowest BCUT2D eigenvalue weighted by atomic mass is 9.91. The predicted molar refractivity (Wildman–Crippen MR) is 105 cm³/mol. The second-order valence-corrected chi connectivity index (χ2v) is 7.94. The minimum absolute atomic E-state index is 0.00554. The lowest BCUT2D eigenvalue weighted by Gasteiger charge is -2.22. The summed E-state index contributed by atoms with van der Waals surface area (Å²) >= 11 is 0. The van der Waals surface area contributed by atoms with Crippen LogP contribution in [0.25, 0.3) is 0 Å². The number of carbonyl (C=O) groups excluding carboxylic acids is 1. The van der Waals surface area contributed by atoms with Gasteiger partial charge in [0.1, 0.15) is 6.61 Å². The molecule has 1 saturated heterocycles. The van der Waals surface area contributed by atoms with Crippen LogP contribution in [-0.2, 0) is 6.61 Å². The maximum Gasteiger partial charge on any atom is 0.256 e. The van der Waals surface area contributed by atoms with E-state index < -0.39 is 0 Å². The molecule has 5 heteroatoms. The van der Waals surface area contributed by atoms with Crippen molar-refractivity contribution in [1.29, 1.82) is 0 Å². The Labute approximate surface area is 159 Å². The zero-order chi connectivity index (χ0) is 19.0. The zero-order valence-electron chi connectivity index (χ0n) is 15.9. The molecule has 5 nitrogen and oxygen atoms in total. The van der Waals surface area contributed by atoms with E-state index in [0.29, 0.717) is 29.4 Å². The van der Waals surface area contributed by atoms with Gasteiger partial charge < -0.3 is 14.4 Å². The van der Waals surface area contributed by atoms with Crippen LogP contribution >= 0.6 is 0 Å². The van der Waals surface area contributed by atoms with Gasteiger partial charge in [0, 0.05) is 18.8 Å². The van der Waals surface area contributed by atoms with Crippen molar-refractivity contribution in [1.82, 2.24) is 4.90 Å². The van der Waals surface area contributed by atoms with Gasteiger partial charge in [-0.05, 0) is 23.5 Å². The van der Waals surface area contributed by atoms with Gasteiger partial charge in [-0.25, -0.2) is 0 Å². The van der Waals surface area contributed by atoms with Crippen LogP contribution in [-0.4, -0.2) is 36.7 Å². The van der Waals surface area contributed by atoms with E-state index in [1.807, 2.05) is 41.4 Å². The highest BCUT2D eigenvalue weighted by Crippen LogP contribution is 2.41. The standard InChI is InChI=1S/C22H24N2O3/c1-22(2)11-16-12-23-18-10-20(27-13-15-7-5-4-6-8-15)19(26-3)9-17(18)21(25)24(16)14-22/h4-10,12,16H,11,13-14H2,1-3H3/t16-/m0/s1. The number of hydrogen-bond donors (Lipinski definition) is 0. The molecule has 2 aromatic carbocycles. The number of fused-ring (bicyclic) bond motifs is 2. The summed E-state index contributed by atoms with van der Waals surface area (Å²) in [5, 5.41) is 0. The van der Waals surface area contributed by atoms with Gasteiger partial charge >= 0.3 is 0 Å². The maximum absolute atomic E-state index is 13.1. The molecule has 2 aromatic rings. The van der Waals surface area contributed by atoms with E-state index in [9.17, 15) is 4.79 Å². The molecule has 1 atom stereocenters. The number of hydrogen-bond acceptors (Lipinski definition) is 4. The van der Waals surface area contributed by atoms with Gasteiger partial charge in [0.05, 0.1) is 24.4 Å². The third-order valence-electron chi connectivity index (χ3n) is 5.16. The second kappa shape index (κ2) is 6.72. The first-order valence-corrected chi connectivity index (χ1v) is 9.21. The van der Waals surface area contributed by atoms with Crippen LogP contribution in [0, 0.1) is 5.41 Å². The number of rotatable bonds is 4. The van der Waals surface area contributed by atoms with E-state index in [-0.39, 0.29) is 17.4 Å². The maximum atomic E-state index is 13.1. The molecule has 140 valence electrons. The van der Waals surface area contributed by atoms with Crippen LogP contribution in [0.3, 0.4) is 0 Å². The van der Waals surface area contributed by atoms with Gasteiger partial charge in [-0.15, -0.1) is 0 Å².